The Kier molecular flexibility index (Phi) is 4.53. The van der Waals surface area contributed by atoms with Gasteiger partial charge in [0.25, 0.3) is 0 Å². The Labute approximate surface area is 145 Å². The molecule has 3 rings (SSSR count). The quantitative estimate of drug-likeness (QED) is 0.653. The van der Waals surface area contributed by atoms with Crippen LogP contribution in [0.3, 0.4) is 0 Å². The molecule has 25 heavy (non-hydrogen) atoms. The van der Waals surface area contributed by atoms with Gasteiger partial charge in [-0.2, -0.15) is 12.5 Å². The minimum Gasteiger partial charge on any atom is -0.606 e. The molecule has 1 aromatic heterocycles. The van der Waals surface area contributed by atoms with Crippen molar-refractivity contribution in [1.29, 1.82) is 0 Å². The van der Waals surface area contributed by atoms with Crippen LogP contribution in [-0.2, 0) is 10.0 Å². The molecule has 0 radical (unpaired) electrons. The molecular formula is C17H16FN3O3S. The topological polar surface area (TPSA) is 82.1 Å². The summed E-state index contributed by atoms with van der Waals surface area (Å²) >= 11 is 0. The van der Waals surface area contributed by atoms with E-state index in [4.69, 9.17) is 0 Å². The number of hydroxylamine groups is 2. The van der Waals surface area contributed by atoms with Crippen molar-refractivity contribution < 1.29 is 16.9 Å². The lowest BCUT2D eigenvalue weighted by Gasteiger charge is -2.35. The van der Waals surface area contributed by atoms with Gasteiger partial charge in [-0.25, -0.2) is 4.39 Å². The Morgan fingerprint density at radius 2 is 2.00 bits per heavy atom. The maximum atomic E-state index is 14.3. The zero-order chi connectivity index (χ0) is 18.1. The van der Waals surface area contributed by atoms with Crippen LogP contribution in [0.25, 0.3) is 5.70 Å². The van der Waals surface area contributed by atoms with Gasteiger partial charge in [0.1, 0.15) is 16.9 Å². The van der Waals surface area contributed by atoms with Crippen LogP contribution in [0.5, 0.6) is 0 Å². The van der Waals surface area contributed by atoms with Gasteiger partial charge in [0.2, 0.25) is 0 Å². The molecule has 1 unspecified atom stereocenters. The van der Waals surface area contributed by atoms with E-state index in [0.717, 1.165) is 12.4 Å². The highest BCUT2D eigenvalue weighted by Gasteiger charge is 2.43. The fraction of sp³-hybridized carbons (Fsp3) is 0.118. The predicted octanol–water partition coefficient (Wildman–Crippen LogP) is 2.38. The largest absolute Gasteiger partial charge is 0.606 e. The number of rotatable bonds is 5. The molecular weight excluding hydrogens is 345 g/mol. The van der Waals surface area contributed by atoms with Gasteiger partial charge in [-0.1, -0.05) is 12.1 Å². The molecule has 1 N–H and O–H groups in total. The number of pyridine rings is 1. The van der Waals surface area contributed by atoms with Gasteiger partial charge in [-0.3, -0.25) is 4.98 Å². The minimum absolute atomic E-state index is 0.0488. The number of aromatic nitrogens is 1. The van der Waals surface area contributed by atoms with Gasteiger partial charge in [0.15, 0.2) is 5.70 Å². The maximum absolute atomic E-state index is 14.3. The van der Waals surface area contributed by atoms with Crippen molar-refractivity contribution in [2.24, 2.45) is 0 Å². The number of sulfonamides is 1. The van der Waals surface area contributed by atoms with Crippen LogP contribution in [-0.4, -0.2) is 31.0 Å². The first kappa shape index (κ1) is 17.4. The van der Waals surface area contributed by atoms with E-state index in [1.165, 1.54) is 42.6 Å². The zero-order valence-electron chi connectivity index (χ0n) is 13.4. The Bertz CT molecular complexity index is 958. The number of quaternary nitrogens is 1. The second-order valence-corrected chi connectivity index (χ2v) is 7.47. The summed E-state index contributed by atoms with van der Waals surface area (Å²) in [6.07, 6.45) is 5.00. The molecule has 130 valence electrons. The lowest BCUT2D eigenvalue weighted by molar-refractivity contribution is -0.605. The second kappa shape index (κ2) is 6.49. The number of nitrogens with zero attached hydrogens (tertiary/aromatic N) is 2. The summed E-state index contributed by atoms with van der Waals surface area (Å²) in [5.41, 5.74) is 0.225. The van der Waals surface area contributed by atoms with Crippen molar-refractivity contribution in [2.45, 2.75) is 4.90 Å². The molecule has 1 atom stereocenters. The summed E-state index contributed by atoms with van der Waals surface area (Å²) in [5, 5.41) is 16.3. The van der Waals surface area contributed by atoms with E-state index in [0.29, 0.717) is 5.57 Å². The summed E-state index contributed by atoms with van der Waals surface area (Å²) < 4.78 is 38.4. The maximum Gasteiger partial charge on any atom is 0.337 e. The van der Waals surface area contributed by atoms with Crippen molar-refractivity contribution in [1.82, 2.24) is 10.3 Å². The van der Waals surface area contributed by atoms with Gasteiger partial charge in [0.05, 0.1) is 11.8 Å². The molecule has 0 bridgehead atoms. The van der Waals surface area contributed by atoms with Crippen molar-refractivity contribution >= 4 is 15.7 Å². The third-order valence-corrected chi connectivity index (χ3v) is 5.67. The van der Waals surface area contributed by atoms with Crippen LogP contribution in [0.2, 0.25) is 0 Å². The highest BCUT2D eigenvalue weighted by Crippen LogP contribution is 2.41. The number of likely N-dealkylation sites (N-methyl/N-ethyl adjacent to an activating group) is 1. The van der Waals surface area contributed by atoms with E-state index >= 15 is 0 Å². The number of halogens is 1. The standard InChI is InChI=1S/C17H16FN3O3S/c1-19-10-13-9-17(15-6-2-3-7-16(15)18)21(22,12-13)25(23,24)14-5-4-8-20-11-14/h2-9,11-12,19H,10H2,1H3. The molecule has 2 aromatic rings. The summed E-state index contributed by atoms with van der Waals surface area (Å²) in [4.78, 5) is 3.54. The van der Waals surface area contributed by atoms with E-state index in [9.17, 15) is 18.0 Å². The van der Waals surface area contributed by atoms with Crippen LogP contribution < -0.4 is 5.32 Å². The number of hydrogen-bond donors (Lipinski definition) is 1. The van der Waals surface area contributed by atoms with Crippen molar-refractivity contribution in [2.75, 3.05) is 13.6 Å². The smallest absolute Gasteiger partial charge is 0.337 e. The molecule has 0 aliphatic carbocycles. The van der Waals surface area contributed by atoms with Gasteiger partial charge in [-0.05, 0) is 31.3 Å². The lowest BCUT2D eigenvalue weighted by atomic mass is 10.1. The molecule has 1 aliphatic heterocycles. The molecule has 1 aliphatic rings. The van der Waals surface area contributed by atoms with Crippen molar-refractivity contribution in [3.05, 3.63) is 83.2 Å². The summed E-state index contributed by atoms with van der Waals surface area (Å²) in [6.45, 7) is 0.281. The average molecular weight is 361 g/mol. The van der Waals surface area contributed by atoms with Crippen molar-refractivity contribution in [3.63, 3.8) is 0 Å². The molecule has 6 nitrogen and oxygen atoms in total. The summed E-state index contributed by atoms with van der Waals surface area (Å²) in [5.74, 6) is -0.660. The summed E-state index contributed by atoms with van der Waals surface area (Å²) in [7, 11) is -2.75. The third-order valence-electron chi connectivity index (χ3n) is 3.81. The first-order chi connectivity index (χ1) is 11.9. The van der Waals surface area contributed by atoms with Crippen LogP contribution in [0, 0.1) is 11.0 Å². The van der Waals surface area contributed by atoms with E-state index in [1.54, 1.807) is 13.1 Å². The Hall–Kier alpha value is -2.39. The van der Waals surface area contributed by atoms with E-state index in [-0.39, 0.29) is 22.7 Å². The Morgan fingerprint density at radius 1 is 1.24 bits per heavy atom. The van der Waals surface area contributed by atoms with Gasteiger partial charge < -0.3 is 10.5 Å². The van der Waals surface area contributed by atoms with Crippen molar-refractivity contribution in [3.8, 4) is 0 Å². The van der Waals surface area contributed by atoms with E-state index in [1.807, 2.05) is 0 Å². The predicted molar refractivity (Wildman–Crippen MR) is 91.4 cm³/mol. The SMILES string of the molecule is CNCC1=C[N+]([O-])(S(=O)(=O)c2cccnc2)C(c2ccccc2F)=C1. The Balaban J connectivity index is 2.21. The average Bonchev–Trinajstić information content (AvgIpc) is 2.94. The molecule has 0 fully saturated rings. The van der Waals surface area contributed by atoms with E-state index in [2.05, 4.69) is 10.3 Å². The summed E-state index contributed by atoms with van der Waals surface area (Å²) in [6, 6.07) is 8.33. The molecule has 0 saturated heterocycles. The molecule has 0 amide bonds. The number of benzene rings is 1. The molecule has 1 aromatic carbocycles. The number of nitrogens with one attached hydrogen (secondary N) is 1. The first-order valence-corrected chi connectivity index (χ1v) is 8.92. The highest BCUT2D eigenvalue weighted by molar-refractivity contribution is 7.86. The first-order valence-electron chi connectivity index (χ1n) is 7.48. The second-order valence-electron chi connectivity index (χ2n) is 5.50. The lowest BCUT2D eigenvalue weighted by Crippen LogP contribution is -2.39. The number of hydrogen-bond acceptors (Lipinski definition) is 5. The molecule has 8 heteroatoms. The Morgan fingerprint density at radius 3 is 2.64 bits per heavy atom. The zero-order valence-corrected chi connectivity index (χ0v) is 14.2. The van der Waals surface area contributed by atoms with Gasteiger partial charge >= 0.3 is 10.0 Å². The van der Waals surface area contributed by atoms with Crippen LogP contribution in [0.15, 0.2) is 71.5 Å². The van der Waals surface area contributed by atoms with Crippen LogP contribution in [0.1, 0.15) is 5.56 Å². The minimum atomic E-state index is -4.42. The van der Waals surface area contributed by atoms with Gasteiger partial charge in [0, 0.05) is 24.4 Å². The third kappa shape index (κ3) is 2.89. The van der Waals surface area contributed by atoms with Gasteiger partial charge in [-0.15, -0.1) is 0 Å². The van der Waals surface area contributed by atoms with Crippen LogP contribution >= 0.6 is 0 Å². The monoisotopic (exact) mass is 361 g/mol. The molecule has 0 spiro atoms. The van der Waals surface area contributed by atoms with Crippen LogP contribution in [0.4, 0.5) is 4.39 Å². The normalized spacial score (nSPS) is 20.3. The van der Waals surface area contributed by atoms with E-state index < -0.39 is 19.9 Å². The fourth-order valence-corrected chi connectivity index (χ4v) is 4.10. The highest BCUT2D eigenvalue weighted by atomic mass is 32.2. The molecule has 0 saturated carbocycles. The molecule has 2 heterocycles. The fourth-order valence-electron chi connectivity index (χ4n) is 2.66.